The van der Waals surface area contributed by atoms with Crippen LogP contribution in [0, 0.1) is 6.92 Å². The van der Waals surface area contributed by atoms with Gasteiger partial charge in [-0.3, -0.25) is 0 Å². The monoisotopic (exact) mass is 568 g/mol. The summed E-state index contributed by atoms with van der Waals surface area (Å²) in [4.78, 5) is 0. The summed E-state index contributed by atoms with van der Waals surface area (Å²) in [6, 6.07) is 29.6. The summed E-state index contributed by atoms with van der Waals surface area (Å²) < 4.78 is 24.3. The van der Waals surface area contributed by atoms with Gasteiger partial charge < -0.3 is 18.9 Å². The van der Waals surface area contributed by atoms with Crippen LogP contribution in [0.25, 0.3) is 28.0 Å². The van der Waals surface area contributed by atoms with Crippen molar-refractivity contribution in [2.75, 3.05) is 21.3 Å². The Morgan fingerprint density at radius 1 is 0.721 bits per heavy atom. The average Bonchev–Trinajstić information content (AvgIpc) is 3.03. The summed E-state index contributed by atoms with van der Waals surface area (Å²) in [5.41, 5.74) is 8.56. The fraction of sp³-hybridized carbons (Fsp3) is 0.231. The van der Waals surface area contributed by atoms with Crippen LogP contribution in [0.3, 0.4) is 0 Å². The van der Waals surface area contributed by atoms with Gasteiger partial charge in [0.05, 0.1) is 21.3 Å². The van der Waals surface area contributed by atoms with Crippen LogP contribution >= 0.6 is 0 Å². The van der Waals surface area contributed by atoms with E-state index in [1.165, 1.54) is 27.6 Å². The second-order valence-corrected chi connectivity index (χ2v) is 12.2. The first kappa shape index (κ1) is 27.2. The second kappa shape index (κ2) is 9.95. The molecule has 0 N–H and O–H groups in total. The third kappa shape index (κ3) is 4.11. The number of rotatable bonds is 5. The van der Waals surface area contributed by atoms with Crippen LogP contribution in [0.4, 0.5) is 0 Å². The zero-order chi connectivity index (χ0) is 29.9. The highest BCUT2D eigenvalue weighted by Gasteiger charge is 2.42. The summed E-state index contributed by atoms with van der Waals surface area (Å²) in [5, 5.41) is 2.22. The number of ether oxygens (including phenoxy) is 4. The molecule has 43 heavy (non-hydrogen) atoms. The molecule has 0 fully saturated rings. The van der Waals surface area contributed by atoms with Crippen molar-refractivity contribution in [2.45, 2.75) is 38.2 Å². The van der Waals surface area contributed by atoms with Gasteiger partial charge in [-0.05, 0) is 94.4 Å². The summed E-state index contributed by atoms with van der Waals surface area (Å²) in [6.07, 6.45) is 5.46. The van der Waals surface area contributed by atoms with Crippen LogP contribution in [0.2, 0.25) is 0 Å². The Bertz CT molecular complexity index is 1850. The molecule has 0 unspecified atom stereocenters. The molecule has 0 radical (unpaired) electrons. The SMILES string of the molecule is COc1ccc(C2(c3ccc(OC)cc3)C=Cc3c4c(c5cc(C)c(OC)cc5c3O2)-c2ccccc2CC4(C)C)cc1. The van der Waals surface area contributed by atoms with Gasteiger partial charge in [-0.25, -0.2) is 0 Å². The van der Waals surface area contributed by atoms with Gasteiger partial charge in [0.15, 0.2) is 5.60 Å². The van der Waals surface area contributed by atoms with E-state index >= 15 is 0 Å². The predicted octanol–water partition coefficient (Wildman–Crippen LogP) is 9.02. The maximum absolute atomic E-state index is 7.41. The smallest absolute Gasteiger partial charge is 0.178 e. The van der Waals surface area contributed by atoms with Crippen molar-refractivity contribution in [2.24, 2.45) is 0 Å². The van der Waals surface area contributed by atoms with Gasteiger partial charge >= 0.3 is 0 Å². The highest BCUT2D eigenvalue weighted by atomic mass is 16.5. The topological polar surface area (TPSA) is 36.9 Å². The van der Waals surface area contributed by atoms with E-state index < -0.39 is 5.60 Å². The Balaban J connectivity index is 1.57. The van der Waals surface area contributed by atoms with E-state index in [1.54, 1.807) is 21.3 Å². The predicted molar refractivity (Wildman–Crippen MR) is 174 cm³/mol. The Morgan fingerprint density at radius 2 is 1.35 bits per heavy atom. The maximum Gasteiger partial charge on any atom is 0.178 e. The molecule has 0 spiro atoms. The molecule has 0 atom stereocenters. The minimum absolute atomic E-state index is 0.107. The van der Waals surface area contributed by atoms with Gasteiger partial charge in [-0.2, -0.15) is 0 Å². The van der Waals surface area contributed by atoms with Gasteiger partial charge in [-0.1, -0.05) is 68.5 Å². The molecule has 7 rings (SSSR count). The van der Waals surface area contributed by atoms with Crippen LogP contribution in [0.15, 0.2) is 91.0 Å². The van der Waals surface area contributed by atoms with E-state index in [0.717, 1.165) is 57.1 Å². The number of aryl methyl sites for hydroxylation is 1. The fourth-order valence-corrected chi connectivity index (χ4v) is 7.12. The summed E-state index contributed by atoms with van der Waals surface area (Å²) in [6.45, 7) is 6.82. The van der Waals surface area contributed by atoms with Gasteiger partial charge in [0.2, 0.25) is 0 Å². The first-order chi connectivity index (χ1) is 20.8. The van der Waals surface area contributed by atoms with Crippen molar-refractivity contribution in [3.05, 3.63) is 124 Å². The first-order valence-electron chi connectivity index (χ1n) is 14.7. The standard InChI is InChI=1S/C39H36O4/c1-24-21-32-33(22-34(24)42-6)37-31(36-35(32)30-10-8-7-9-25(30)23-38(36,2)3)19-20-39(43-37,26-11-15-28(40-4)16-12-26)27-13-17-29(41-5)18-14-27/h7-22H,23H2,1-6H3. The molecule has 4 heteroatoms. The van der Waals surface area contributed by atoms with Crippen molar-refractivity contribution < 1.29 is 18.9 Å². The second-order valence-electron chi connectivity index (χ2n) is 12.2. The Kier molecular flexibility index (Phi) is 6.28. The number of methoxy groups -OCH3 is 3. The molecule has 4 nitrogen and oxygen atoms in total. The van der Waals surface area contributed by atoms with E-state index in [4.69, 9.17) is 18.9 Å². The third-order valence-corrected chi connectivity index (χ3v) is 9.19. The van der Waals surface area contributed by atoms with Crippen LogP contribution in [-0.4, -0.2) is 21.3 Å². The van der Waals surface area contributed by atoms with Crippen LogP contribution in [0.5, 0.6) is 23.0 Å². The van der Waals surface area contributed by atoms with Crippen molar-refractivity contribution in [1.82, 2.24) is 0 Å². The molecule has 2 aliphatic rings. The first-order valence-corrected chi connectivity index (χ1v) is 14.7. The van der Waals surface area contributed by atoms with Gasteiger partial charge in [-0.15, -0.1) is 0 Å². The van der Waals surface area contributed by atoms with Gasteiger partial charge in [0.1, 0.15) is 23.0 Å². The van der Waals surface area contributed by atoms with Crippen molar-refractivity contribution >= 4 is 16.8 Å². The molecule has 0 bridgehead atoms. The Morgan fingerprint density at radius 3 is 1.95 bits per heavy atom. The van der Waals surface area contributed by atoms with Crippen LogP contribution in [-0.2, 0) is 17.4 Å². The third-order valence-electron chi connectivity index (χ3n) is 9.19. The molecule has 5 aromatic rings. The summed E-state index contributed by atoms with van der Waals surface area (Å²) in [5.74, 6) is 3.31. The van der Waals surface area contributed by atoms with E-state index in [9.17, 15) is 0 Å². The molecule has 1 aliphatic carbocycles. The van der Waals surface area contributed by atoms with Gasteiger partial charge in [0, 0.05) is 22.1 Å². The maximum atomic E-state index is 7.41. The molecule has 0 amide bonds. The van der Waals surface area contributed by atoms with Crippen molar-refractivity contribution in [3.63, 3.8) is 0 Å². The minimum atomic E-state index is -0.873. The highest BCUT2D eigenvalue weighted by Crippen LogP contribution is 2.55. The van der Waals surface area contributed by atoms with Crippen LogP contribution < -0.4 is 18.9 Å². The molecule has 0 saturated heterocycles. The molecule has 0 saturated carbocycles. The number of fused-ring (bicyclic) bond motifs is 8. The lowest BCUT2D eigenvalue weighted by atomic mass is 9.66. The van der Waals surface area contributed by atoms with E-state index in [2.05, 4.69) is 93.6 Å². The number of hydrogen-bond donors (Lipinski definition) is 0. The summed E-state index contributed by atoms with van der Waals surface area (Å²) >= 11 is 0. The Hall–Kier alpha value is -4.70. The Labute approximate surface area is 253 Å². The molecule has 1 aliphatic heterocycles. The summed E-state index contributed by atoms with van der Waals surface area (Å²) in [7, 11) is 5.11. The fourth-order valence-electron chi connectivity index (χ4n) is 7.12. The molecule has 216 valence electrons. The molecule has 5 aromatic carbocycles. The van der Waals surface area contributed by atoms with Crippen molar-refractivity contribution in [3.8, 4) is 34.1 Å². The molecule has 1 heterocycles. The number of hydrogen-bond acceptors (Lipinski definition) is 4. The molecule has 0 aromatic heterocycles. The molecular formula is C39H36O4. The van der Waals surface area contributed by atoms with E-state index in [0.29, 0.717) is 0 Å². The zero-order valence-corrected chi connectivity index (χ0v) is 25.6. The zero-order valence-electron chi connectivity index (χ0n) is 25.6. The molecular weight excluding hydrogens is 532 g/mol. The van der Waals surface area contributed by atoms with Gasteiger partial charge in [0.25, 0.3) is 0 Å². The minimum Gasteiger partial charge on any atom is -0.497 e. The van der Waals surface area contributed by atoms with Crippen LogP contribution in [0.1, 0.15) is 47.2 Å². The normalized spacial score (nSPS) is 15.6. The average molecular weight is 569 g/mol. The van der Waals surface area contributed by atoms with E-state index in [-0.39, 0.29) is 5.41 Å². The lowest BCUT2D eigenvalue weighted by Crippen LogP contribution is -2.36. The number of benzene rings is 5. The highest BCUT2D eigenvalue weighted by molar-refractivity contribution is 6.07. The lowest BCUT2D eigenvalue weighted by Gasteiger charge is -2.42. The van der Waals surface area contributed by atoms with E-state index in [1.807, 2.05) is 24.3 Å². The van der Waals surface area contributed by atoms with Crippen molar-refractivity contribution in [1.29, 1.82) is 0 Å². The lowest BCUT2D eigenvalue weighted by molar-refractivity contribution is 0.163. The quantitative estimate of drug-likeness (QED) is 0.212. The largest absolute Gasteiger partial charge is 0.497 e.